The molecule has 0 unspecified atom stereocenters. The van der Waals surface area contributed by atoms with Crippen LogP contribution in [0, 0.1) is 0 Å². The highest BCUT2D eigenvalue weighted by Crippen LogP contribution is 2.02. The zero-order valence-electron chi connectivity index (χ0n) is 10.6. The van der Waals surface area contributed by atoms with Crippen molar-refractivity contribution in [2.24, 2.45) is 0 Å². The molecule has 0 atom stereocenters. The minimum absolute atomic E-state index is 0.139. The molecule has 0 aromatic carbocycles. The molecule has 20 heavy (non-hydrogen) atoms. The van der Waals surface area contributed by atoms with Crippen LogP contribution in [-0.2, 0) is 24.0 Å². The van der Waals surface area contributed by atoms with Crippen LogP contribution in [0.4, 0.5) is 0 Å². The predicted molar refractivity (Wildman–Crippen MR) is 63.3 cm³/mol. The highest BCUT2D eigenvalue weighted by atomic mass is 16.4. The summed E-state index contributed by atoms with van der Waals surface area (Å²) in [5, 5.41) is 32.1. The normalized spacial score (nSPS) is 9.00. The summed E-state index contributed by atoms with van der Waals surface area (Å²) in [6.07, 6.45) is 1.15. The molecular weight excluding hydrogens is 276 g/mol. The first-order chi connectivity index (χ1) is 9.16. The topological polar surface area (TPSA) is 166 Å². The first kappa shape index (κ1) is 19.9. The number of carbonyl (C=O) groups is 5. The van der Waals surface area contributed by atoms with Crippen molar-refractivity contribution >= 4 is 29.7 Å². The third-order valence-electron chi connectivity index (χ3n) is 1.83. The number of carbonyl (C=O) groups excluding carboxylic acids is 1. The van der Waals surface area contributed by atoms with E-state index in [1.807, 2.05) is 0 Å². The lowest BCUT2D eigenvalue weighted by molar-refractivity contribution is -0.152. The fraction of sp³-hybridized carbons (Fsp3) is 0.545. The van der Waals surface area contributed by atoms with Gasteiger partial charge in [0.05, 0.1) is 0 Å². The summed E-state index contributed by atoms with van der Waals surface area (Å²) in [6, 6.07) is 0. The third-order valence-corrected chi connectivity index (χ3v) is 1.83. The molecule has 0 aromatic heterocycles. The predicted octanol–water partition coefficient (Wildman–Crippen LogP) is 0.221. The van der Waals surface area contributed by atoms with Crippen molar-refractivity contribution in [1.29, 1.82) is 0 Å². The maximum atomic E-state index is 9.98. The molecule has 0 rings (SSSR count). The van der Waals surface area contributed by atoms with E-state index in [-0.39, 0.29) is 12.8 Å². The molecule has 0 aliphatic carbocycles. The van der Waals surface area contributed by atoms with Gasteiger partial charge in [0.15, 0.2) is 0 Å². The number of carboxylic acid groups (broad SMARTS) is 4. The van der Waals surface area contributed by atoms with E-state index in [2.05, 4.69) is 0 Å². The molecule has 0 bridgehead atoms. The van der Waals surface area contributed by atoms with E-state index >= 15 is 0 Å². The number of Topliss-reactive ketones (excluding diaryl/α,β-unsaturated/α-hetero) is 1. The first-order valence-electron chi connectivity index (χ1n) is 5.58. The van der Waals surface area contributed by atoms with Crippen molar-refractivity contribution in [1.82, 2.24) is 0 Å². The molecule has 9 nitrogen and oxygen atoms in total. The molecule has 0 saturated heterocycles. The monoisotopic (exact) mass is 292 g/mol. The Morgan fingerprint density at radius 1 is 0.600 bits per heavy atom. The molecule has 0 saturated carbocycles. The second-order valence-electron chi connectivity index (χ2n) is 3.65. The zero-order valence-corrected chi connectivity index (χ0v) is 10.6. The number of hydrogen-bond acceptors (Lipinski definition) is 5. The maximum absolute atomic E-state index is 9.98. The van der Waals surface area contributed by atoms with Crippen molar-refractivity contribution in [3.63, 3.8) is 0 Å². The fourth-order valence-corrected chi connectivity index (χ4v) is 0.942. The van der Waals surface area contributed by atoms with Crippen LogP contribution < -0.4 is 0 Å². The number of rotatable bonds is 9. The number of unbranched alkanes of at least 4 members (excludes halogenated alkanes) is 2. The number of carboxylic acids is 4. The van der Waals surface area contributed by atoms with E-state index in [0.717, 1.165) is 0 Å². The summed E-state index contributed by atoms with van der Waals surface area (Å²) in [7, 11) is 0. The van der Waals surface area contributed by atoms with Gasteiger partial charge in [0.1, 0.15) is 6.42 Å². The van der Waals surface area contributed by atoms with Crippen molar-refractivity contribution in [2.75, 3.05) is 0 Å². The molecule has 0 aliphatic rings. The minimum Gasteiger partial charge on any atom is -0.481 e. The minimum atomic E-state index is -1.71. The lowest BCUT2D eigenvalue weighted by Crippen LogP contribution is -2.16. The van der Waals surface area contributed by atoms with Crippen LogP contribution in [0.1, 0.15) is 38.5 Å². The van der Waals surface area contributed by atoms with Gasteiger partial charge >= 0.3 is 23.9 Å². The molecule has 0 aliphatic heterocycles. The van der Waals surface area contributed by atoms with Crippen LogP contribution in [0.15, 0.2) is 0 Å². The van der Waals surface area contributed by atoms with Gasteiger partial charge in [-0.15, -0.1) is 0 Å². The van der Waals surface area contributed by atoms with Gasteiger partial charge in [0.2, 0.25) is 0 Å². The van der Waals surface area contributed by atoms with Crippen LogP contribution in [0.3, 0.4) is 0 Å². The highest BCUT2D eigenvalue weighted by Gasteiger charge is 2.14. The van der Waals surface area contributed by atoms with Crippen LogP contribution in [0.5, 0.6) is 0 Å². The van der Waals surface area contributed by atoms with Gasteiger partial charge in [-0.3, -0.25) is 19.2 Å². The molecule has 0 fully saturated rings. The van der Waals surface area contributed by atoms with Crippen molar-refractivity contribution in [2.45, 2.75) is 38.5 Å². The van der Waals surface area contributed by atoms with Gasteiger partial charge < -0.3 is 20.4 Å². The molecule has 0 amide bonds. The van der Waals surface area contributed by atoms with E-state index in [1.165, 1.54) is 0 Å². The van der Waals surface area contributed by atoms with Crippen LogP contribution in [-0.4, -0.2) is 50.1 Å². The van der Waals surface area contributed by atoms with Gasteiger partial charge in [0.25, 0.3) is 5.78 Å². The van der Waals surface area contributed by atoms with Gasteiger partial charge in [-0.1, -0.05) is 6.42 Å². The Hall–Kier alpha value is -2.45. The van der Waals surface area contributed by atoms with E-state index < -0.39 is 36.1 Å². The average molecular weight is 292 g/mol. The molecule has 0 spiro atoms. The van der Waals surface area contributed by atoms with Crippen LogP contribution in [0.2, 0.25) is 0 Å². The summed E-state index contributed by atoms with van der Waals surface area (Å²) in [6.45, 7) is 0. The Morgan fingerprint density at radius 2 is 1.00 bits per heavy atom. The second kappa shape index (κ2) is 11.6. The van der Waals surface area contributed by atoms with E-state index in [4.69, 9.17) is 20.4 Å². The standard InChI is InChI=1S/C7H12O4.C4H4O5/c8-6(9)4-2-1-3-5-7(10)11;5-2(4(8)9)1-3(6)7/h1-5H2,(H,8,9)(H,10,11);1H2,(H,6,7)(H,8,9). The maximum Gasteiger partial charge on any atom is 0.372 e. The number of aliphatic carboxylic acids is 4. The van der Waals surface area contributed by atoms with E-state index in [1.54, 1.807) is 0 Å². The second-order valence-corrected chi connectivity index (χ2v) is 3.65. The molecule has 0 aromatic rings. The van der Waals surface area contributed by atoms with Gasteiger partial charge in [0, 0.05) is 12.8 Å². The van der Waals surface area contributed by atoms with Crippen LogP contribution in [0.25, 0.3) is 0 Å². The SMILES string of the molecule is O=C(O)CC(=O)C(=O)O.O=C(O)CCCCCC(=O)O. The molecule has 0 heterocycles. The van der Waals surface area contributed by atoms with E-state index in [9.17, 15) is 24.0 Å². The third kappa shape index (κ3) is 17.9. The molecule has 114 valence electrons. The quantitative estimate of drug-likeness (QED) is 0.264. The van der Waals surface area contributed by atoms with Crippen molar-refractivity contribution < 1.29 is 44.4 Å². The summed E-state index contributed by atoms with van der Waals surface area (Å²) >= 11 is 0. The largest absolute Gasteiger partial charge is 0.481 e. The van der Waals surface area contributed by atoms with Gasteiger partial charge in [-0.2, -0.15) is 0 Å². The lowest BCUT2D eigenvalue weighted by Gasteiger charge is -1.94. The molecule has 9 heteroatoms. The Labute approximate surface area is 113 Å². The summed E-state index contributed by atoms with van der Waals surface area (Å²) in [4.78, 5) is 49.2. The Bertz CT molecular complexity index is 356. The van der Waals surface area contributed by atoms with E-state index in [0.29, 0.717) is 19.3 Å². The van der Waals surface area contributed by atoms with Gasteiger partial charge in [-0.05, 0) is 12.8 Å². The van der Waals surface area contributed by atoms with Crippen molar-refractivity contribution in [3.8, 4) is 0 Å². The average Bonchev–Trinajstić information content (AvgIpc) is 2.27. The zero-order chi connectivity index (χ0) is 16.1. The molecular formula is C11H16O9. The summed E-state index contributed by atoms with van der Waals surface area (Å²) < 4.78 is 0. The molecule has 4 N–H and O–H groups in total. The summed E-state index contributed by atoms with van der Waals surface area (Å²) in [5.41, 5.74) is 0. The summed E-state index contributed by atoms with van der Waals surface area (Å²) in [5.74, 6) is -6.08. The lowest BCUT2D eigenvalue weighted by atomic mass is 10.1. The number of hydrogen-bond donors (Lipinski definition) is 4. The first-order valence-corrected chi connectivity index (χ1v) is 5.58. The Balaban J connectivity index is 0. The fourth-order valence-electron chi connectivity index (χ4n) is 0.942. The van der Waals surface area contributed by atoms with Crippen LogP contribution >= 0.6 is 0 Å². The highest BCUT2D eigenvalue weighted by molar-refractivity contribution is 6.35. The Kier molecular flexibility index (Phi) is 11.6. The van der Waals surface area contributed by atoms with Crippen molar-refractivity contribution in [3.05, 3.63) is 0 Å². The number of ketones is 1. The smallest absolute Gasteiger partial charge is 0.372 e. The van der Waals surface area contributed by atoms with Gasteiger partial charge in [-0.25, -0.2) is 4.79 Å². The Morgan fingerprint density at radius 3 is 1.20 bits per heavy atom. The molecule has 0 radical (unpaired) electrons.